The fourth-order valence-corrected chi connectivity index (χ4v) is 3.55. The molecule has 1 aromatic heterocycles. The molecule has 0 saturated carbocycles. The van der Waals surface area contributed by atoms with Crippen LogP contribution in [0.1, 0.15) is 20.7 Å². The largest absolute Gasteiger partial charge is 0.493 e. The first kappa shape index (κ1) is 22.5. The van der Waals surface area contributed by atoms with Crippen molar-refractivity contribution in [3.8, 4) is 22.8 Å². The number of fused-ring (bicyclic) bond motifs is 1. The summed E-state index contributed by atoms with van der Waals surface area (Å²) in [5, 5.41) is 6.59. The minimum atomic E-state index is -0.598. The van der Waals surface area contributed by atoms with Crippen molar-refractivity contribution < 1.29 is 19.1 Å². The lowest BCUT2D eigenvalue weighted by Crippen LogP contribution is -2.15. The SMILES string of the molecule is CNc1nc(-c2cccc(NC(=O)c3cccc(C(N)=O)c3)c2)c2cc(OC)c(OC)cc2n1. The average Bonchev–Trinajstić information content (AvgIpc) is 2.87. The lowest BCUT2D eigenvalue weighted by atomic mass is 10.0. The fraction of sp³-hybridized carbons (Fsp3) is 0.120. The number of ether oxygens (including phenoxy) is 2. The third-order valence-electron chi connectivity index (χ3n) is 5.23. The number of nitrogens with zero attached hydrogens (tertiary/aromatic N) is 2. The number of anilines is 2. The van der Waals surface area contributed by atoms with Crippen molar-refractivity contribution in [2.24, 2.45) is 5.73 Å². The van der Waals surface area contributed by atoms with Crippen LogP contribution in [-0.2, 0) is 0 Å². The van der Waals surface area contributed by atoms with E-state index in [4.69, 9.17) is 15.2 Å². The van der Waals surface area contributed by atoms with E-state index in [9.17, 15) is 9.59 Å². The molecule has 0 radical (unpaired) electrons. The number of methoxy groups -OCH3 is 2. The molecule has 9 heteroatoms. The van der Waals surface area contributed by atoms with E-state index < -0.39 is 5.91 Å². The van der Waals surface area contributed by atoms with Gasteiger partial charge in [-0.25, -0.2) is 9.97 Å². The lowest BCUT2D eigenvalue weighted by Gasteiger charge is -2.13. The van der Waals surface area contributed by atoms with Gasteiger partial charge < -0.3 is 25.8 Å². The van der Waals surface area contributed by atoms with E-state index in [-0.39, 0.29) is 11.5 Å². The van der Waals surface area contributed by atoms with Crippen LogP contribution in [0.5, 0.6) is 11.5 Å². The molecule has 0 unspecified atom stereocenters. The maximum Gasteiger partial charge on any atom is 0.255 e. The monoisotopic (exact) mass is 457 g/mol. The molecule has 0 aliphatic heterocycles. The molecule has 34 heavy (non-hydrogen) atoms. The molecule has 0 fully saturated rings. The van der Waals surface area contributed by atoms with Gasteiger partial charge >= 0.3 is 0 Å². The van der Waals surface area contributed by atoms with Gasteiger partial charge in [-0.2, -0.15) is 0 Å². The number of carbonyl (C=O) groups excluding carboxylic acids is 2. The molecule has 3 aromatic carbocycles. The highest BCUT2D eigenvalue weighted by Crippen LogP contribution is 2.36. The van der Waals surface area contributed by atoms with E-state index in [1.807, 2.05) is 24.3 Å². The van der Waals surface area contributed by atoms with Crippen molar-refractivity contribution >= 4 is 34.4 Å². The maximum atomic E-state index is 12.8. The van der Waals surface area contributed by atoms with Crippen molar-refractivity contribution in [3.63, 3.8) is 0 Å². The Morgan fingerprint density at radius 1 is 0.882 bits per heavy atom. The fourth-order valence-electron chi connectivity index (χ4n) is 3.55. The van der Waals surface area contributed by atoms with E-state index in [0.29, 0.717) is 39.9 Å². The summed E-state index contributed by atoms with van der Waals surface area (Å²) < 4.78 is 10.9. The van der Waals surface area contributed by atoms with Crippen LogP contribution < -0.4 is 25.8 Å². The summed E-state index contributed by atoms with van der Waals surface area (Å²) in [5.74, 6) is 0.582. The van der Waals surface area contributed by atoms with Crippen molar-refractivity contribution in [2.45, 2.75) is 0 Å². The first-order chi connectivity index (χ1) is 16.4. The van der Waals surface area contributed by atoms with Gasteiger partial charge in [0.1, 0.15) is 0 Å². The van der Waals surface area contributed by atoms with Crippen molar-refractivity contribution in [1.82, 2.24) is 9.97 Å². The first-order valence-corrected chi connectivity index (χ1v) is 10.4. The Kier molecular flexibility index (Phi) is 6.26. The summed E-state index contributed by atoms with van der Waals surface area (Å²) in [5.41, 5.74) is 8.56. The van der Waals surface area contributed by atoms with E-state index in [0.717, 1.165) is 10.9 Å². The standard InChI is InChI=1S/C25H23N5O4/c1-27-25-29-19-13-21(34-3)20(33-2)12-18(19)22(30-25)14-6-5-9-17(11-14)28-24(32)16-8-4-7-15(10-16)23(26)31/h4-13H,1-3H3,(H2,26,31)(H,28,32)(H,27,29,30). The second kappa shape index (κ2) is 9.45. The van der Waals surface area contributed by atoms with Gasteiger partial charge in [0.25, 0.3) is 5.91 Å². The van der Waals surface area contributed by atoms with Gasteiger partial charge in [-0.3, -0.25) is 9.59 Å². The highest BCUT2D eigenvalue weighted by atomic mass is 16.5. The van der Waals surface area contributed by atoms with E-state index in [1.54, 1.807) is 51.6 Å². The minimum absolute atomic E-state index is 0.262. The van der Waals surface area contributed by atoms with Crippen LogP contribution in [0.3, 0.4) is 0 Å². The van der Waals surface area contributed by atoms with Crippen molar-refractivity contribution in [1.29, 1.82) is 0 Å². The molecule has 1 heterocycles. The molecule has 4 rings (SSSR count). The molecule has 0 atom stereocenters. The number of aromatic nitrogens is 2. The summed E-state index contributed by atoms with van der Waals surface area (Å²) in [6, 6.07) is 17.1. The Balaban J connectivity index is 1.75. The normalized spacial score (nSPS) is 10.6. The Morgan fingerprint density at radius 3 is 2.29 bits per heavy atom. The van der Waals surface area contributed by atoms with Gasteiger partial charge in [0.15, 0.2) is 11.5 Å². The number of nitrogens with one attached hydrogen (secondary N) is 2. The Morgan fingerprint density at radius 2 is 1.59 bits per heavy atom. The summed E-state index contributed by atoms with van der Waals surface area (Å²) >= 11 is 0. The number of nitrogens with two attached hydrogens (primary N) is 1. The molecule has 0 aliphatic rings. The van der Waals surface area contributed by atoms with Crippen LogP contribution >= 0.6 is 0 Å². The Hall–Kier alpha value is -4.66. The Bertz CT molecular complexity index is 1400. The summed E-state index contributed by atoms with van der Waals surface area (Å²) in [7, 11) is 4.87. The van der Waals surface area contributed by atoms with Gasteiger partial charge in [-0.1, -0.05) is 18.2 Å². The second-order valence-corrected chi connectivity index (χ2v) is 7.35. The smallest absolute Gasteiger partial charge is 0.255 e. The topological polar surface area (TPSA) is 128 Å². The number of hydrogen-bond acceptors (Lipinski definition) is 7. The van der Waals surface area contributed by atoms with Gasteiger partial charge in [0.2, 0.25) is 11.9 Å². The highest BCUT2D eigenvalue weighted by molar-refractivity contribution is 6.06. The molecule has 172 valence electrons. The molecule has 4 aromatic rings. The van der Waals surface area contributed by atoms with Crippen LogP contribution in [-0.4, -0.2) is 43.0 Å². The van der Waals surface area contributed by atoms with Crippen LogP contribution in [0.25, 0.3) is 22.2 Å². The Labute approximate surface area is 195 Å². The highest BCUT2D eigenvalue weighted by Gasteiger charge is 2.15. The van der Waals surface area contributed by atoms with Gasteiger partial charge in [-0.05, 0) is 36.4 Å². The first-order valence-electron chi connectivity index (χ1n) is 10.4. The summed E-state index contributed by atoms with van der Waals surface area (Å²) in [4.78, 5) is 33.4. The van der Waals surface area contributed by atoms with Gasteiger partial charge in [0.05, 0.1) is 25.4 Å². The molecular weight excluding hydrogens is 434 g/mol. The third-order valence-corrected chi connectivity index (χ3v) is 5.23. The number of hydrogen-bond donors (Lipinski definition) is 3. The van der Waals surface area contributed by atoms with E-state index >= 15 is 0 Å². The second-order valence-electron chi connectivity index (χ2n) is 7.35. The zero-order valence-corrected chi connectivity index (χ0v) is 18.9. The van der Waals surface area contributed by atoms with Gasteiger partial charge in [0, 0.05) is 40.9 Å². The zero-order valence-electron chi connectivity index (χ0n) is 18.9. The maximum absolute atomic E-state index is 12.8. The molecule has 9 nitrogen and oxygen atoms in total. The number of benzene rings is 3. The van der Waals surface area contributed by atoms with Crippen LogP contribution in [0.4, 0.5) is 11.6 Å². The average molecular weight is 457 g/mol. The van der Waals surface area contributed by atoms with Crippen molar-refractivity contribution in [3.05, 3.63) is 71.8 Å². The van der Waals surface area contributed by atoms with Gasteiger partial charge in [-0.15, -0.1) is 0 Å². The van der Waals surface area contributed by atoms with E-state index in [1.165, 1.54) is 6.07 Å². The molecular formula is C25H23N5O4. The minimum Gasteiger partial charge on any atom is -0.493 e. The lowest BCUT2D eigenvalue weighted by molar-refractivity contribution is 0.1000. The molecule has 0 saturated heterocycles. The van der Waals surface area contributed by atoms with Crippen molar-refractivity contribution in [2.75, 3.05) is 31.9 Å². The summed E-state index contributed by atoms with van der Waals surface area (Å²) in [6.07, 6.45) is 0. The predicted molar refractivity (Wildman–Crippen MR) is 131 cm³/mol. The summed E-state index contributed by atoms with van der Waals surface area (Å²) in [6.45, 7) is 0. The number of amides is 2. The number of rotatable bonds is 7. The predicted octanol–water partition coefficient (Wildman–Crippen LogP) is 3.71. The third kappa shape index (κ3) is 4.44. The van der Waals surface area contributed by atoms with Crippen LogP contribution in [0.2, 0.25) is 0 Å². The molecule has 0 spiro atoms. The number of primary amides is 1. The molecule has 2 amide bonds. The molecule has 0 aliphatic carbocycles. The van der Waals surface area contributed by atoms with Crippen LogP contribution in [0.15, 0.2) is 60.7 Å². The van der Waals surface area contributed by atoms with Crippen LogP contribution in [0, 0.1) is 0 Å². The zero-order chi connectivity index (χ0) is 24.2. The number of carbonyl (C=O) groups is 2. The molecule has 0 bridgehead atoms. The van der Waals surface area contributed by atoms with E-state index in [2.05, 4.69) is 20.6 Å². The quantitative estimate of drug-likeness (QED) is 0.386. The molecule has 4 N–H and O–H groups in total.